The summed E-state index contributed by atoms with van der Waals surface area (Å²) in [5, 5.41) is 13.0. The van der Waals surface area contributed by atoms with Crippen molar-refractivity contribution < 1.29 is 4.74 Å². The summed E-state index contributed by atoms with van der Waals surface area (Å²) < 4.78 is 5.92. The van der Waals surface area contributed by atoms with Crippen LogP contribution in [0.3, 0.4) is 0 Å². The van der Waals surface area contributed by atoms with Crippen molar-refractivity contribution in [3.8, 4) is 11.8 Å². The zero-order valence-corrected chi connectivity index (χ0v) is 19.8. The van der Waals surface area contributed by atoms with E-state index in [0.717, 1.165) is 30.7 Å². The van der Waals surface area contributed by atoms with Crippen molar-refractivity contribution in [3.05, 3.63) is 65.2 Å². The average molecular weight is 444 g/mol. The average Bonchev–Trinajstić information content (AvgIpc) is 3.42. The van der Waals surface area contributed by atoms with Crippen molar-refractivity contribution in [2.24, 2.45) is 11.8 Å². The first-order chi connectivity index (χ1) is 16.3. The van der Waals surface area contributed by atoms with Gasteiger partial charge in [0, 0.05) is 18.6 Å². The molecular weight excluding hydrogens is 406 g/mol. The molecule has 0 radical (unpaired) electrons. The highest BCUT2D eigenvalue weighted by Gasteiger charge is 2.45. The van der Waals surface area contributed by atoms with Gasteiger partial charge < -0.3 is 10.1 Å². The highest BCUT2D eigenvalue weighted by Crippen LogP contribution is 2.48. The number of benzene rings is 2. The van der Waals surface area contributed by atoms with Gasteiger partial charge >= 0.3 is 0 Å². The summed E-state index contributed by atoms with van der Waals surface area (Å²) in [6.07, 6.45) is 10.6. The van der Waals surface area contributed by atoms with Crippen LogP contribution in [0.2, 0.25) is 0 Å². The van der Waals surface area contributed by atoms with Gasteiger partial charge in [-0.2, -0.15) is 5.26 Å². The number of nitrogens with zero attached hydrogens (tertiary/aromatic N) is 2. The molecular formula is C29H37N3O. The maximum Gasteiger partial charge on any atom is 0.119 e. The van der Waals surface area contributed by atoms with Crippen molar-refractivity contribution in [2.75, 3.05) is 32.8 Å². The molecule has 2 fully saturated rings. The number of ether oxygens (including phenoxy) is 1. The topological polar surface area (TPSA) is 48.3 Å². The van der Waals surface area contributed by atoms with E-state index in [0.29, 0.717) is 12.2 Å². The molecule has 0 amide bonds. The van der Waals surface area contributed by atoms with Gasteiger partial charge in [0.2, 0.25) is 0 Å². The van der Waals surface area contributed by atoms with E-state index >= 15 is 0 Å². The molecule has 2 heterocycles. The first-order valence-corrected chi connectivity index (χ1v) is 13.0. The van der Waals surface area contributed by atoms with E-state index in [2.05, 4.69) is 40.6 Å². The molecule has 1 N–H and O–H groups in total. The molecule has 3 aliphatic rings. The second kappa shape index (κ2) is 10.3. The highest BCUT2D eigenvalue weighted by molar-refractivity contribution is 5.38. The quantitative estimate of drug-likeness (QED) is 0.633. The highest BCUT2D eigenvalue weighted by atomic mass is 16.5. The van der Waals surface area contributed by atoms with Gasteiger partial charge in [0.25, 0.3) is 0 Å². The zero-order chi connectivity index (χ0) is 22.5. The van der Waals surface area contributed by atoms with Crippen LogP contribution in [0.25, 0.3) is 0 Å². The van der Waals surface area contributed by atoms with Crippen LogP contribution in [0, 0.1) is 23.2 Å². The summed E-state index contributed by atoms with van der Waals surface area (Å²) in [7, 11) is 0. The van der Waals surface area contributed by atoms with Crippen LogP contribution >= 0.6 is 0 Å². The Bertz CT molecular complexity index is 952. The summed E-state index contributed by atoms with van der Waals surface area (Å²) >= 11 is 0. The fraction of sp³-hybridized carbons (Fsp3) is 0.552. The Labute approximate surface area is 198 Å². The molecule has 1 saturated carbocycles. The second-order valence-corrected chi connectivity index (χ2v) is 10.3. The molecule has 2 aromatic rings. The Morgan fingerprint density at radius 3 is 2.52 bits per heavy atom. The Kier molecular flexibility index (Phi) is 6.99. The molecule has 1 aliphatic carbocycles. The number of likely N-dealkylation sites (tertiary alicyclic amines) is 1. The van der Waals surface area contributed by atoms with Gasteiger partial charge in [0.15, 0.2) is 0 Å². The zero-order valence-electron chi connectivity index (χ0n) is 19.8. The summed E-state index contributed by atoms with van der Waals surface area (Å²) in [4.78, 5) is 2.56. The van der Waals surface area contributed by atoms with Gasteiger partial charge in [-0.25, -0.2) is 0 Å². The summed E-state index contributed by atoms with van der Waals surface area (Å²) in [6, 6.07) is 18.8. The molecule has 0 aromatic heterocycles. The standard InChI is InChI=1S/C29H37N3O/c30-22-24-9-11-27(12-10-24)33-20-19-32-17-14-23(15-18-32)21-29(26-6-2-3-7-26)28-8-4-1-5-25(28)13-16-31-29/h1,4-5,8-12,23,26,31H,2-3,6-7,13-21H2. The van der Waals surface area contributed by atoms with Crippen molar-refractivity contribution in [1.29, 1.82) is 5.26 Å². The van der Waals surface area contributed by atoms with Gasteiger partial charge in [-0.3, -0.25) is 4.90 Å². The van der Waals surface area contributed by atoms with Gasteiger partial charge in [-0.05, 0) is 98.8 Å². The van der Waals surface area contributed by atoms with E-state index in [-0.39, 0.29) is 5.54 Å². The molecule has 1 atom stereocenters. The third-order valence-corrected chi connectivity index (χ3v) is 8.36. The minimum absolute atomic E-state index is 0.191. The van der Waals surface area contributed by atoms with Crippen LogP contribution in [0.4, 0.5) is 0 Å². The number of nitrogens with one attached hydrogen (secondary N) is 1. The molecule has 2 aromatic carbocycles. The Hall–Kier alpha value is -2.35. The van der Waals surface area contributed by atoms with Gasteiger partial charge in [-0.15, -0.1) is 0 Å². The lowest BCUT2D eigenvalue weighted by molar-refractivity contribution is 0.103. The van der Waals surface area contributed by atoms with Crippen LogP contribution in [0.15, 0.2) is 48.5 Å². The first-order valence-electron chi connectivity index (χ1n) is 13.0. The van der Waals surface area contributed by atoms with Crippen molar-refractivity contribution >= 4 is 0 Å². The van der Waals surface area contributed by atoms with E-state index in [9.17, 15) is 0 Å². The van der Waals surface area contributed by atoms with Gasteiger partial charge in [0.1, 0.15) is 12.4 Å². The number of hydrogen-bond acceptors (Lipinski definition) is 4. The fourth-order valence-electron chi connectivity index (χ4n) is 6.61. The van der Waals surface area contributed by atoms with E-state index in [4.69, 9.17) is 10.00 Å². The van der Waals surface area contributed by atoms with Gasteiger partial charge in [-0.1, -0.05) is 37.1 Å². The van der Waals surface area contributed by atoms with E-state index in [1.807, 2.05) is 24.3 Å². The van der Waals surface area contributed by atoms with Crippen molar-refractivity contribution in [3.63, 3.8) is 0 Å². The lowest BCUT2D eigenvalue weighted by Crippen LogP contribution is -2.53. The van der Waals surface area contributed by atoms with Crippen molar-refractivity contribution in [1.82, 2.24) is 10.2 Å². The molecule has 1 unspecified atom stereocenters. The molecule has 4 nitrogen and oxygen atoms in total. The molecule has 174 valence electrons. The van der Waals surface area contributed by atoms with Crippen molar-refractivity contribution in [2.45, 2.75) is 56.9 Å². The minimum atomic E-state index is 0.191. The Morgan fingerprint density at radius 1 is 1.00 bits per heavy atom. The molecule has 5 rings (SSSR count). The second-order valence-electron chi connectivity index (χ2n) is 10.3. The maximum atomic E-state index is 8.92. The largest absolute Gasteiger partial charge is 0.492 e. The van der Waals surface area contributed by atoms with E-state index < -0.39 is 0 Å². The molecule has 0 bridgehead atoms. The lowest BCUT2D eigenvalue weighted by Gasteiger charge is -2.48. The smallest absolute Gasteiger partial charge is 0.119 e. The number of piperidine rings is 1. The molecule has 1 saturated heterocycles. The normalized spacial score (nSPS) is 24.3. The summed E-state index contributed by atoms with van der Waals surface area (Å²) in [5.41, 5.74) is 4.06. The molecule has 33 heavy (non-hydrogen) atoms. The third-order valence-electron chi connectivity index (χ3n) is 8.36. The Morgan fingerprint density at radius 2 is 1.76 bits per heavy atom. The SMILES string of the molecule is N#Cc1ccc(OCCN2CCC(CC3(C4CCCC4)NCCc4ccccc43)CC2)cc1. The number of hydrogen-bond donors (Lipinski definition) is 1. The maximum absolute atomic E-state index is 8.92. The minimum Gasteiger partial charge on any atom is -0.492 e. The van der Waals surface area contributed by atoms with E-state index in [1.54, 1.807) is 11.1 Å². The molecule has 4 heteroatoms. The predicted octanol–water partition coefficient (Wildman–Crippen LogP) is 5.27. The fourth-order valence-corrected chi connectivity index (χ4v) is 6.61. The van der Waals surface area contributed by atoms with Crippen LogP contribution in [0.1, 0.15) is 61.6 Å². The van der Waals surface area contributed by atoms with Crippen LogP contribution in [-0.4, -0.2) is 37.7 Å². The Balaban J connectivity index is 1.17. The lowest BCUT2D eigenvalue weighted by atomic mass is 9.67. The number of fused-ring (bicyclic) bond motifs is 1. The third kappa shape index (κ3) is 4.95. The first kappa shape index (κ1) is 22.4. The van der Waals surface area contributed by atoms with Crippen LogP contribution in [0.5, 0.6) is 5.75 Å². The molecule has 0 spiro atoms. The van der Waals surface area contributed by atoms with Crippen LogP contribution < -0.4 is 10.1 Å². The molecule has 2 aliphatic heterocycles. The number of rotatable bonds is 7. The summed E-state index contributed by atoms with van der Waals surface area (Å²) in [6.45, 7) is 5.14. The monoisotopic (exact) mass is 443 g/mol. The number of nitriles is 1. The van der Waals surface area contributed by atoms with E-state index in [1.165, 1.54) is 64.5 Å². The van der Waals surface area contributed by atoms with Gasteiger partial charge in [0.05, 0.1) is 11.6 Å². The summed E-state index contributed by atoms with van der Waals surface area (Å²) in [5.74, 6) is 2.43. The van der Waals surface area contributed by atoms with Crippen LogP contribution in [-0.2, 0) is 12.0 Å². The predicted molar refractivity (Wildman–Crippen MR) is 132 cm³/mol.